The lowest BCUT2D eigenvalue weighted by Gasteiger charge is -2.38. The number of nitrogens with zero attached hydrogens (tertiary/aromatic N) is 2. The monoisotopic (exact) mass is 247 g/mol. The molecule has 0 aliphatic heterocycles. The molecule has 92 valence electrons. The van der Waals surface area contributed by atoms with Crippen LogP contribution in [0.5, 0.6) is 0 Å². The molecular formula is C14H23N2Si+. The van der Waals surface area contributed by atoms with E-state index in [2.05, 4.69) is 51.9 Å². The van der Waals surface area contributed by atoms with E-state index in [1.165, 1.54) is 0 Å². The second-order valence-corrected chi connectivity index (χ2v) is 11.9. The van der Waals surface area contributed by atoms with E-state index in [9.17, 15) is 5.26 Å². The minimum atomic E-state index is -1.18. The Labute approximate surface area is 106 Å². The molecule has 0 fully saturated rings. The van der Waals surface area contributed by atoms with Crippen LogP contribution in [-0.2, 0) is 0 Å². The summed E-state index contributed by atoms with van der Waals surface area (Å²) in [6.45, 7) is 7.06. The molecule has 0 aliphatic rings. The van der Waals surface area contributed by atoms with Crippen LogP contribution in [0, 0.1) is 11.3 Å². The van der Waals surface area contributed by atoms with Crippen LogP contribution in [-0.4, -0.2) is 32.8 Å². The fourth-order valence-electron chi connectivity index (χ4n) is 2.58. The van der Waals surface area contributed by atoms with Crippen LogP contribution in [0.15, 0.2) is 30.3 Å². The van der Waals surface area contributed by atoms with E-state index in [0.717, 1.165) is 16.2 Å². The van der Waals surface area contributed by atoms with Crippen molar-refractivity contribution in [1.82, 2.24) is 0 Å². The molecule has 0 aliphatic carbocycles. The van der Waals surface area contributed by atoms with Gasteiger partial charge in [0.15, 0.2) is 0 Å². The average molecular weight is 247 g/mol. The van der Waals surface area contributed by atoms with E-state index >= 15 is 0 Å². The summed E-state index contributed by atoms with van der Waals surface area (Å²) in [7, 11) is 3.15. The highest BCUT2D eigenvalue weighted by atomic mass is 28.3. The van der Waals surface area contributed by atoms with Gasteiger partial charge in [-0.05, 0) is 0 Å². The van der Waals surface area contributed by atoms with Crippen LogP contribution in [0.3, 0.4) is 0 Å². The van der Waals surface area contributed by atoms with Crippen molar-refractivity contribution in [3.8, 4) is 6.07 Å². The first-order valence-corrected chi connectivity index (χ1v) is 9.74. The second-order valence-electron chi connectivity index (χ2n) is 6.44. The third-order valence-electron chi connectivity index (χ3n) is 2.82. The summed E-state index contributed by atoms with van der Waals surface area (Å²) >= 11 is 0. The van der Waals surface area contributed by atoms with Gasteiger partial charge in [0.2, 0.25) is 6.04 Å². The van der Waals surface area contributed by atoms with E-state index in [1.54, 1.807) is 0 Å². The molecule has 1 unspecified atom stereocenters. The normalized spacial score (nSPS) is 14.1. The summed E-state index contributed by atoms with van der Waals surface area (Å²) in [4.78, 5) is 0. The van der Waals surface area contributed by atoms with Crippen molar-refractivity contribution < 1.29 is 4.48 Å². The highest BCUT2D eigenvalue weighted by Crippen LogP contribution is 2.26. The molecule has 0 saturated heterocycles. The van der Waals surface area contributed by atoms with Gasteiger partial charge in [0.05, 0.1) is 20.3 Å². The lowest BCUT2D eigenvalue weighted by molar-refractivity contribution is -0.903. The fraction of sp³-hybridized carbons (Fsp3) is 0.500. The number of nitriles is 1. The molecule has 2 nitrogen and oxygen atoms in total. The maximum Gasteiger partial charge on any atom is 0.201 e. The van der Waals surface area contributed by atoms with Crippen molar-refractivity contribution in [1.29, 1.82) is 5.26 Å². The molecule has 0 N–H and O–H groups in total. The number of hydrogen-bond donors (Lipinski definition) is 0. The van der Waals surface area contributed by atoms with Crippen LogP contribution >= 0.6 is 0 Å². The number of hydrogen-bond acceptors (Lipinski definition) is 1. The first-order chi connectivity index (χ1) is 7.76. The molecule has 17 heavy (non-hydrogen) atoms. The van der Waals surface area contributed by atoms with Crippen LogP contribution < -0.4 is 0 Å². The summed E-state index contributed by atoms with van der Waals surface area (Å²) in [5.74, 6) is 0. The van der Waals surface area contributed by atoms with Crippen molar-refractivity contribution in [2.45, 2.75) is 25.7 Å². The summed E-state index contributed by atoms with van der Waals surface area (Å²) < 4.78 is 0.760. The Morgan fingerprint density at radius 3 is 2.12 bits per heavy atom. The summed E-state index contributed by atoms with van der Waals surface area (Å²) in [6, 6.07) is 12.5. The molecule has 1 rings (SSSR count). The van der Waals surface area contributed by atoms with Crippen LogP contribution in [0.2, 0.25) is 19.6 Å². The van der Waals surface area contributed by atoms with Crippen molar-refractivity contribution in [2.75, 3.05) is 20.3 Å². The molecule has 0 heterocycles. The van der Waals surface area contributed by atoms with E-state index in [4.69, 9.17) is 0 Å². The van der Waals surface area contributed by atoms with Gasteiger partial charge >= 0.3 is 0 Å². The standard InChI is InChI=1S/C14H23N2Si/c1-16(2,12-17(3,4)5)14(11-15)13-9-7-6-8-10-13/h6-10,14H,12H2,1-5H3/q+1. The highest BCUT2D eigenvalue weighted by Gasteiger charge is 2.34. The Bertz CT molecular complexity index is 398. The van der Waals surface area contributed by atoms with E-state index in [1.807, 2.05) is 18.2 Å². The topological polar surface area (TPSA) is 23.8 Å². The fourth-order valence-corrected chi connectivity index (χ4v) is 5.21. The van der Waals surface area contributed by atoms with Crippen molar-refractivity contribution in [2.24, 2.45) is 0 Å². The van der Waals surface area contributed by atoms with Gasteiger partial charge in [-0.25, -0.2) is 0 Å². The maximum atomic E-state index is 9.46. The Morgan fingerprint density at radius 2 is 1.71 bits per heavy atom. The quantitative estimate of drug-likeness (QED) is 0.592. The van der Waals surface area contributed by atoms with E-state index in [0.29, 0.717) is 0 Å². The lowest BCUT2D eigenvalue weighted by atomic mass is 10.1. The smallest absolute Gasteiger partial charge is 0.201 e. The molecule has 0 saturated carbocycles. The molecule has 0 spiro atoms. The van der Waals surface area contributed by atoms with Gasteiger partial charge < -0.3 is 4.48 Å². The van der Waals surface area contributed by atoms with Crippen molar-refractivity contribution in [3.05, 3.63) is 35.9 Å². The van der Waals surface area contributed by atoms with Gasteiger partial charge in [-0.3, -0.25) is 0 Å². The molecule has 1 aromatic carbocycles. The molecule has 0 aromatic heterocycles. The van der Waals surface area contributed by atoms with Crippen LogP contribution in [0.4, 0.5) is 0 Å². The Hall–Kier alpha value is -1.11. The SMILES string of the molecule is C[N+](C)(C[Si](C)(C)C)C(C#N)c1ccccc1. The summed E-state index contributed by atoms with van der Waals surface area (Å²) in [5.41, 5.74) is 1.12. The molecule has 0 amide bonds. The average Bonchev–Trinajstić information content (AvgIpc) is 2.15. The first-order valence-electron chi connectivity index (χ1n) is 6.03. The maximum absolute atomic E-state index is 9.46. The van der Waals surface area contributed by atoms with E-state index < -0.39 is 8.07 Å². The van der Waals surface area contributed by atoms with Crippen LogP contribution in [0.1, 0.15) is 11.6 Å². The first kappa shape index (κ1) is 13.9. The van der Waals surface area contributed by atoms with E-state index in [-0.39, 0.29) is 6.04 Å². The molecule has 0 bridgehead atoms. The number of quaternary nitrogens is 1. The Balaban J connectivity index is 3.00. The predicted molar refractivity (Wildman–Crippen MR) is 75.1 cm³/mol. The number of benzene rings is 1. The molecule has 1 aromatic rings. The highest BCUT2D eigenvalue weighted by molar-refractivity contribution is 6.76. The van der Waals surface area contributed by atoms with Gasteiger partial charge in [-0.2, -0.15) is 5.26 Å². The zero-order valence-corrected chi connectivity index (χ0v) is 12.6. The molecule has 1 atom stereocenters. The van der Waals surface area contributed by atoms with Crippen molar-refractivity contribution in [3.63, 3.8) is 0 Å². The van der Waals surface area contributed by atoms with Gasteiger partial charge in [0, 0.05) is 5.56 Å². The van der Waals surface area contributed by atoms with Gasteiger partial charge in [-0.1, -0.05) is 50.0 Å². The Kier molecular flexibility index (Phi) is 4.13. The predicted octanol–water partition coefficient (Wildman–Crippen LogP) is 3.21. The lowest BCUT2D eigenvalue weighted by Crippen LogP contribution is -2.52. The minimum absolute atomic E-state index is 0.0667. The second kappa shape index (κ2) is 5.03. The van der Waals surface area contributed by atoms with Gasteiger partial charge in [-0.15, -0.1) is 0 Å². The Morgan fingerprint density at radius 1 is 1.18 bits per heavy atom. The van der Waals surface area contributed by atoms with Crippen LogP contribution in [0.25, 0.3) is 0 Å². The summed E-state index contributed by atoms with van der Waals surface area (Å²) in [5, 5.41) is 9.46. The van der Waals surface area contributed by atoms with Crippen molar-refractivity contribution >= 4 is 8.07 Å². The third kappa shape index (κ3) is 3.99. The number of rotatable bonds is 4. The zero-order valence-electron chi connectivity index (χ0n) is 11.6. The molecule has 3 heteroatoms. The molecular weight excluding hydrogens is 224 g/mol. The minimum Gasteiger partial charge on any atom is -0.314 e. The zero-order chi connectivity index (χ0) is 13.1. The summed E-state index contributed by atoms with van der Waals surface area (Å²) in [6.07, 6.45) is 1.11. The third-order valence-corrected chi connectivity index (χ3v) is 4.58. The van der Waals surface area contributed by atoms with Gasteiger partial charge in [0.25, 0.3) is 0 Å². The van der Waals surface area contributed by atoms with Gasteiger partial charge in [0.1, 0.15) is 14.1 Å². The largest absolute Gasteiger partial charge is 0.314 e. The molecule has 0 radical (unpaired) electrons.